The van der Waals surface area contributed by atoms with Crippen LogP contribution in [0.4, 0.5) is 18.3 Å². The largest absolute Gasteiger partial charge is 0.406 e. The summed E-state index contributed by atoms with van der Waals surface area (Å²) >= 11 is 1.26. The lowest BCUT2D eigenvalue weighted by molar-refractivity contribution is -0.157. The number of nitrogens with zero attached hydrogens (tertiary/aromatic N) is 2. The van der Waals surface area contributed by atoms with Gasteiger partial charge >= 0.3 is 6.18 Å². The molecule has 0 radical (unpaired) electrons. The second-order valence-corrected chi connectivity index (χ2v) is 6.37. The molecular formula is C13H16F3N3O2S. The third kappa shape index (κ3) is 4.19. The summed E-state index contributed by atoms with van der Waals surface area (Å²) in [6.07, 6.45) is -4.66. The van der Waals surface area contributed by atoms with Crippen molar-refractivity contribution in [2.75, 3.05) is 18.4 Å². The monoisotopic (exact) mass is 335 g/mol. The minimum atomic E-state index is -4.46. The van der Waals surface area contributed by atoms with Crippen molar-refractivity contribution in [3.8, 4) is 0 Å². The molecule has 0 bridgehead atoms. The minimum absolute atomic E-state index is 0.204. The Kier molecular flexibility index (Phi) is 4.74. The first-order chi connectivity index (χ1) is 10.2. The average Bonchev–Trinajstić information content (AvgIpc) is 2.96. The van der Waals surface area contributed by atoms with Gasteiger partial charge in [-0.25, -0.2) is 4.98 Å². The van der Waals surface area contributed by atoms with Crippen molar-refractivity contribution in [2.45, 2.75) is 32.4 Å². The zero-order valence-corrected chi connectivity index (χ0v) is 12.9. The average molecular weight is 335 g/mol. The highest BCUT2D eigenvalue weighted by Gasteiger charge is 2.40. The molecular weight excluding hydrogens is 319 g/mol. The number of carbonyl (C=O) groups is 2. The fourth-order valence-corrected chi connectivity index (χ4v) is 3.01. The molecule has 0 aliphatic carbocycles. The fourth-order valence-electron chi connectivity index (χ4n) is 2.13. The van der Waals surface area contributed by atoms with Crippen molar-refractivity contribution in [3.05, 3.63) is 11.1 Å². The van der Waals surface area contributed by atoms with Gasteiger partial charge in [0.1, 0.15) is 6.54 Å². The number of aromatic nitrogens is 1. The van der Waals surface area contributed by atoms with Gasteiger partial charge in [0.15, 0.2) is 5.13 Å². The summed E-state index contributed by atoms with van der Waals surface area (Å²) in [5.74, 6) is -1.68. The molecule has 22 heavy (non-hydrogen) atoms. The van der Waals surface area contributed by atoms with Crippen LogP contribution in [0.1, 0.15) is 31.9 Å². The number of anilines is 1. The molecule has 1 aromatic heterocycles. The predicted octanol–water partition coefficient (Wildman–Crippen LogP) is 2.62. The van der Waals surface area contributed by atoms with E-state index in [1.165, 1.54) is 11.3 Å². The van der Waals surface area contributed by atoms with Crippen LogP contribution in [0.15, 0.2) is 5.38 Å². The Bertz CT molecular complexity index is 571. The normalized spacial score (nSPS) is 19.1. The van der Waals surface area contributed by atoms with Crippen molar-refractivity contribution < 1.29 is 22.8 Å². The van der Waals surface area contributed by atoms with Gasteiger partial charge in [-0.2, -0.15) is 13.2 Å². The summed E-state index contributed by atoms with van der Waals surface area (Å²) in [6, 6.07) is 0. The molecule has 0 saturated carbocycles. The number of hydrogen-bond acceptors (Lipinski definition) is 4. The molecule has 1 fully saturated rings. The molecule has 1 aromatic rings. The Morgan fingerprint density at radius 1 is 1.55 bits per heavy atom. The van der Waals surface area contributed by atoms with Crippen molar-refractivity contribution in [1.29, 1.82) is 0 Å². The number of thiazole rings is 1. The van der Waals surface area contributed by atoms with E-state index < -0.39 is 30.5 Å². The lowest BCUT2D eigenvalue weighted by Gasteiger charge is -2.18. The SMILES string of the molecule is CC(C)c1csc(NC(=O)[C@@H]2CC(=O)N(CC(F)(F)F)C2)n1. The smallest absolute Gasteiger partial charge is 0.333 e. The van der Waals surface area contributed by atoms with Crippen LogP contribution in [0.25, 0.3) is 0 Å². The standard InChI is InChI=1S/C13H16F3N3O2S/c1-7(2)9-5-22-12(17-9)18-11(21)8-3-10(20)19(4-8)6-13(14,15)16/h5,7-8H,3-4,6H2,1-2H3,(H,17,18,21)/t8-/m1/s1. The van der Waals surface area contributed by atoms with E-state index in [2.05, 4.69) is 10.3 Å². The van der Waals surface area contributed by atoms with Crippen LogP contribution in [0.3, 0.4) is 0 Å². The van der Waals surface area contributed by atoms with Crippen LogP contribution in [-0.4, -0.2) is 41.0 Å². The van der Waals surface area contributed by atoms with E-state index in [4.69, 9.17) is 0 Å². The van der Waals surface area contributed by atoms with Crippen LogP contribution in [0.2, 0.25) is 0 Å². The second-order valence-electron chi connectivity index (χ2n) is 5.51. The minimum Gasteiger partial charge on any atom is -0.333 e. The summed E-state index contributed by atoms with van der Waals surface area (Å²) in [7, 11) is 0. The van der Waals surface area contributed by atoms with Gasteiger partial charge in [-0.1, -0.05) is 13.8 Å². The number of likely N-dealkylation sites (tertiary alicyclic amines) is 1. The summed E-state index contributed by atoms with van der Waals surface area (Å²) in [6.45, 7) is 2.40. The van der Waals surface area contributed by atoms with E-state index in [9.17, 15) is 22.8 Å². The number of alkyl halides is 3. The molecule has 0 spiro atoms. The number of halogens is 3. The Balaban J connectivity index is 1.94. The van der Waals surface area contributed by atoms with Crippen LogP contribution in [-0.2, 0) is 9.59 Å². The van der Waals surface area contributed by atoms with Gasteiger partial charge in [0.05, 0.1) is 11.6 Å². The van der Waals surface area contributed by atoms with Gasteiger partial charge in [-0.3, -0.25) is 9.59 Å². The van der Waals surface area contributed by atoms with E-state index in [1.54, 1.807) is 0 Å². The molecule has 1 aliphatic heterocycles. The molecule has 0 aromatic carbocycles. The maximum absolute atomic E-state index is 12.3. The van der Waals surface area contributed by atoms with E-state index >= 15 is 0 Å². The third-order valence-corrected chi connectivity index (χ3v) is 4.07. The van der Waals surface area contributed by atoms with E-state index in [0.29, 0.717) is 10.0 Å². The van der Waals surface area contributed by atoms with Crippen molar-refractivity contribution in [2.24, 2.45) is 5.92 Å². The number of carbonyl (C=O) groups excluding carboxylic acids is 2. The highest BCUT2D eigenvalue weighted by molar-refractivity contribution is 7.13. The molecule has 1 atom stereocenters. The molecule has 1 aliphatic rings. The van der Waals surface area contributed by atoms with E-state index in [-0.39, 0.29) is 18.9 Å². The lowest BCUT2D eigenvalue weighted by atomic mass is 10.1. The topological polar surface area (TPSA) is 62.3 Å². The van der Waals surface area contributed by atoms with Crippen molar-refractivity contribution in [1.82, 2.24) is 9.88 Å². The quantitative estimate of drug-likeness (QED) is 0.920. The van der Waals surface area contributed by atoms with Gasteiger partial charge in [0.2, 0.25) is 11.8 Å². The first-order valence-electron chi connectivity index (χ1n) is 6.76. The third-order valence-electron chi connectivity index (χ3n) is 3.30. The van der Waals surface area contributed by atoms with Gasteiger partial charge < -0.3 is 10.2 Å². The van der Waals surface area contributed by atoms with Crippen LogP contribution >= 0.6 is 11.3 Å². The maximum atomic E-state index is 12.3. The zero-order valence-electron chi connectivity index (χ0n) is 12.1. The van der Waals surface area contributed by atoms with Crippen LogP contribution < -0.4 is 5.32 Å². The molecule has 2 amide bonds. The molecule has 2 heterocycles. The Labute approximate surface area is 129 Å². The fraction of sp³-hybridized carbons (Fsp3) is 0.615. The molecule has 0 unspecified atom stereocenters. The Hall–Kier alpha value is -1.64. The van der Waals surface area contributed by atoms with E-state index in [0.717, 1.165) is 5.69 Å². The summed E-state index contributed by atoms with van der Waals surface area (Å²) in [5, 5.41) is 4.79. The van der Waals surface area contributed by atoms with Gasteiger partial charge in [0.25, 0.3) is 0 Å². The summed E-state index contributed by atoms with van der Waals surface area (Å²) < 4.78 is 37.0. The highest BCUT2D eigenvalue weighted by Crippen LogP contribution is 2.26. The van der Waals surface area contributed by atoms with Crippen LogP contribution in [0, 0.1) is 5.92 Å². The van der Waals surface area contributed by atoms with Gasteiger partial charge in [-0.15, -0.1) is 11.3 Å². The molecule has 122 valence electrons. The second kappa shape index (κ2) is 6.23. The van der Waals surface area contributed by atoms with Crippen LogP contribution in [0.5, 0.6) is 0 Å². The summed E-state index contributed by atoms with van der Waals surface area (Å²) in [4.78, 5) is 28.5. The number of amides is 2. The molecule has 1 N–H and O–H groups in total. The first-order valence-corrected chi connectivity index (χ1v) is 7.64. The van der Waals surface area contributed by atoms with Crippen molar-refractivity contribution in [3.63, 3.8) is 0 Å². The molecule has 1 saturated heterocycles. The molecule has 2 rings (SSSR count). The first kappa shape index (κ1) is 16.7. The van der Waals surface area contributed by atoms with Gasteiger partial charge in [-0.05, 0) is 5.92 Å². The van der Waals surface area contributed by atoms with Gasteiger partial charge in [0, 0.05) is 18.3 Å². The number of hydrogen-bond donors (Lipinski definition) is 1. The maximum Gasteiger partial charge on any atom is 0.406 e. The number of rotatable bonds is 4. The zero-order chi connectivity index (χ0) is 16.5. The molecule has 9 heteroatoms. The Morgan fingerprint density at radius 3 is 2.77 bits per heavy atom. The summed E-state index contributed by atoms with van der Waals surface area (Å²) in [5.41, 5.74) is 0.835. The lowest BCUT2D eigenvalue weighted by Crippen LogP contribution is -2.36. The highest BCUT2D eigenvalue weighted by atomic mass is 32.1. The predicted molar refractivity (Wildman–Crippen MR) is 75.6 cm³/mol. The number of nitrogens with one attached hydrogen (secondary N) is 1. The Morgan fingerprint density at radius 2 is 2.23 bits per heavy atom. The van der Waals surface area contributed by atoms with Crippen molar-refractivity contribution >= 4 is 28.3 Å². The molecule has 5 nitrogen and oxygen atoms in total. The van der Waals surface area contributed by atoms with E-state index in [1.807, 2.05) is 19.2 Å².